The highest BCUT2D eigenvalue weighted by Gasteiger charge is 2.29. The molecule has 0 amide bonds. The van der Waals surface area contributed by atoms with Gasteiger partial charge in [0, 0.05) is 12.5 Å². The summed E-state index contributed by atoms with van der Waals surface area (Å²) in [6.07, 6.45) is 3.63. The van der Waals surface area contributed by atoms with Crippen molar-refractivity contribution < 1.29 is 4.52 Å². The first-order chi connectivity index (χ1) is 7.85. The van der Waals surface area contributed by atoms with Crippen molar-refractivity contribution in [2.75, 3.05) is 19.6 Å². The van der Waals surface area contributed by atoms with Gasteiger partial charge in [-0.25, -0.2) is 0 Å². The van der Waals surface area contributed by atoms with E-state index >= 15 is 0 Å². The van der Waals surface area contributed by atoms with E-state index in [-0.39, 0.29) is 12.4 Å². The molecular formula is C11H19ClN4O. The van der Waals surface area contributed by atoms with Gasteiger partial charge in [0.2, 0.25) is 5.89 Å². The molecule has 0 spiro atoms. The number of halogens is 1. The van der Waals surface area contributed by atoms with E-state index in [1.165, 1.54) is 19.3 Å². The van der Waals surface area contributed by atoms with Crippen molar-refractivity contribution in [3.05, 3.63) is 11.7 Å². The Hall–Kier alpha value is -0.650. The molecule has 1 aromatic heterocycles. The van der Waals surface area contributed by atoms with Crippen LogP contribution in [0.5, 0.6) is 0 Å². The second kappa shape index (κ2) is 5.33. The lowest BCUT2D eigenvalue weighted by Gasteiger charge is -2.11. The largest absolute Gasteiger partial charge is 0.338 e. The molecule has 1 aliphatic heterocycles. The third-order valence-electron chi connectivity index (χ3n) is 3.49. The molecule has 0 radical (unpaired) electrons. The van der Waals surface area contributed by atoms with Crippen molar-refractivity contribution in [1.82, 2.24) is 15.0 Å². The molecule has 2 heterocycles. The fraction of sp³-hybridized carbons (Fsp3) is 0.818. The number of nitrogens with zero attached hydrogens (tertiary/aromatic N) is 3. The van der Waals surface area contributed by atoms with Gasteiger partial charge in [0.05, 0.1) is 6.54 Å². The molecule has 5 nitrogen and oxygen atoms in total. The molecule has 0 bridgehead atoms. The summed E-state index contributed by atoms with van der Waals surface area (Å²) in [5.74, 6) is 2.89. The van der Waals surface area contributed by atoms with E-state index in [1.54, 1.807) is 0 Å². The zero-order valence-electron chi connectivity index (χ0n) is 9.84. The molecule has 1 saturated heterocycles. The normalized spacial score (nSPS) is 24.9. The molecule has 17 heavy (non-hydrogen) atoms. The molecule has 3 rings (SSSR count). The fourth-order valence-corrected chi connectivity index (χ4v) is 2.28. The minimum Gasteiger partial charge on any atom is -0.338 e. The number of likely N-dealkylation sites (tertiary alicyclic amines) is 1. The van der Waals surface area contributed by atoms with Crippen LogP contribution in [0, 0.1) is 5.92 Å². The number of rotatable bonds is 4. The maximum absolute atomic E-state index is 5.66. The second-order valence-electron chi connectivity index (χ2n) is 4.95. The molecule has 0 aromatic carbocycles. The van der Waals surface area contributed by atoms with Crippen LogP contribution < -0.4 is 5.73 Å². The average molecular weight is 259 g/mol. The van der Waals surface area contributed by atoms with Gasteiger partial charge in [-0.2, -0.15) is 4.98 Å². The van der Waals surface area contributed by atoms with Gasteiger partial charge in [0.15, 0.2) is 5.82 Å². The molecule has 2 fully saturated rings. The Kier molecular flexibility index (Phi) is 4.01. The Morgan fingerprint density at radius 3 is 2.82 bits per heavy atom. The zero-order valence-corrected chi connectivity index (χ0v) is 10.7. The van der Waals surface area contributed by atoms with Gasteiger partial charge in [-0.05, 0) is 38.3 Å². The Bertz CT molecular complexity index is 366. The molecular weight excluding hydrogens is 240 g/mol. The maximum Gasteiger partial charge on any atom is 0.240 e. The Balaban J connectivity index is 0.00000108. The van der Waals surface area contributed by atoms with Crippen molar-refractivity contribution in [2.24, 2.45) is 11.7 Å². The third-order valence-corrected chi connectivity index (χ3v) is 3.49. The molecule has 96 valence electrons. The predicted octanol–water partition coefficient (Wildman–Crippen LogP) is 1.15. The van der Waals surface area contributed by atoms with Gasteiger partial charge in [-0.1, -0.05) is 5.16 Å². The van der Waals surface area contributed by atoms with E-state index in [2.05, 4.69) is 15.0 Å². The lowest BCUT2D eigenvalue weighted by Crippen LogP contribution is -2.22. The summed E-state index contributed by atoms with van der Waals surface area (Å²) in [6.45, 7) is 3.74. The van der Waals surface area contributed by atoms with Gasteiger partial charge in [-0.3, -0.25) is 4.90 Å². The summed E-state index contributed by atoms with van der Waals surface area (Å²) < 4.78 is 5.26. The SMILES string of the molecule is Cl.NCC1CCN(Cc2nc(C3CC3)no2)C1. The van der Waals surface area contributed by atoms with Gasteiger partial charge >= 0.3 is 0 Å². The molecule has 1 unspecified atom stereocenters. The highest BCUT2D eigenvalue weighted by molar-refractivity contribution is 5.85. The van der Waals surface area contributed by atoms with Crippen molar-refractivity contribution in [2.45, 2.75) is 31.7 Å². The van der Waals surface area contributed by atoms with Crippen LogP contribution in [0.25, 0.3) is 0 Å². The van der Waals surface area contributed by atoms with Crippen LogP contribution in [-0.2, 0) is 6.54 Å². The molecule has 2 aliphatic rings. The van der Waals surface area contributed by atoms with Crippen molar-refractivity contribution in [3.63, 3.8) is 0 Å². The van der Waals surface area contributed by atoms with E-state index in [9.17, 15) is 0 Å². The monoisotopic (exact) mass is 258 g/mol. The topological polar surface area (TPSA) is 68.2 Å². The number of hydrogen-bond donors (Lipinski definition) is 1. The van der Waals surface area contributed by atoms with E-state index in [0.29, 0.717) is 11.8 Å². The quantitative estimate of drug-likeness (QED) is 0.878. The Morgan fingerprint density at radius 2 is 2.18 bits per heavy atom. The lowest BCUT2D eigenvalue weighted by molar-refractivity contribution is 0.260. The number of nitrogens with two attached hydrogens (primary N) is 1. The highest BCUT2D eigenvalue weighted by atomic mass is 35.5. The molecule has 1 saturated carbocycles. The van der Waals surface area contributed by atoms with Crippen molar-refractivity contribution in [3.8, 4) is 0 Å². The molecule has 6 heteroatoms. The summed E-state index contributed by atoms with van der Waals surface area (Å²) in [4.78, 5) is 6.78. The van der Waals surface area contributed by atoms with E-state index in [0.717, 1.165) is 37.9 Å². The molecule has 2 N–H and O–H groups in total. The summed E-state index contributed by atoms with van der Waals surface area (Å²) in [7, 11) is 0. The van der Waals surface area contributed by atoms with Crippen LogP contribution in [0.3, 0.4) is 0 Å². The summed E-state index contributed by atoms with van der Waals surface area (Å²) in [6, 6.07) is 0. The first kappa shape index (κ1) is 12.8. The maximum atomic E-state index is 5.66. The van der Waals surface area contributed by atoms with Gasteiger partial charge in [-0.15, -0.1) is 12.4 Å². The van der Waals surface area contributed by atoms with Gasteiger partial charge in [0.1, 0.15) is 0 Å². The zero-order chi connectivity index (χ0) is 11.0. The number of hydrogen-bond acceptors (Lipinski definition) is 5. The van der Waals surface area contributed by atoms with Crippen LogP contribution in [0.15, 0.2) is 4.52 Å². The Morgan fingerprint density at radius 1 is 1.35 bits per heavy atom. The van der Waals surface area contributed by atoms with Crippen LogP contribution in [-0.4, -0.2) is 34.7 Å². The predicted molar refractivity (Wildman–Crippen MR) is 66.0 cm³/mol. The number of aromatic nitrogens is 2. The minimum atomic E-state index is 0. The van der Waals surface area contributed by atoms with Crippen LogP contribution in [0.1, 0.15) is 36.9 Å². The van der Waals surface area contributed by atoms with Crippen LogP contribution in [0.2, 0.25) is 0 Å². The van der Waals surface area contributed by atoms with E-state index in [1.807, 2.05) is 0 Å². The molecule has 1 aliphatic carbocycles. The minimum absolute atomic E-state index is 0. The van der Waals surface area contributed by atoms with E-state index < -0.39 is 0 Å². The summed E-state index contributed by atoms with van der Waals surface area (Å²) in [5, 5.41) is 4.02. The fourth-order valence-electron chi connectivity index (χ4n) is 2.28. The lowest BCUT2D eigenvalue weighted by atomic mass is 10.1. The molecule has 1 aromatic rings. The van der Waals surface area contributed by atoms with Crippen molar-refractivity contribution in [1.29, 1.82) is 0 Å². The third kappa shape index (κ3) is 2.97. The van der Waals surface area contributed by atoms with Gasteiger partial charge < -0.3 is 10.3 Å². The smallest absolute Gasteiger partial charge is 0.240 e. The highest BCUT2D eigenvalue weighted by Crippen LogP contribution is 2.38. The standard InChI is InChI=1S/C11H18N4O.ClH/c12-5-8-3-4-15(6-8)7-10-13-11(14-16-10)9-1-2-9;/h8-9H,1-7,12H2;1H. The summed E-state index contributed by atoms with van der Waals surface area (Å²) >= 11 is 0. The first-order valence-corrected chi connectivity index (χ1v) is 6.10. The Labute approximate surface area is 107 Å². The first-order valence-electron chi connectivity index (χ1n) is 6.10. The van der Waals surface area contributed by atoms with Crippen molar-refractivity contribution >= 4 is 12.4 Å². The van der Waals surface area contributed by atoms with E-state index in [4.69, 9.17) is 10.3 Å². The summed E-state index contributed by atoms with van der Waals surface area (Å²) in [5.41, 5.74) is 5.66. The average Bonchev–Trinajstić information content (AvgIpc) is 2.88. The second-order valence-corrected chi connectivity index (χ2v) is 4.95. The van der Waals surface area contributed by atoms with Gasteiger partial charge in [0.25, 0.3) is 0 Å². The molecule has 1 atom stereocenters. The van der Waals surface area contributed by atoms with Crippen LogP contribution >= 0.6 is 12.4 Å². The van der Waals surface area contributed by atoms with Crippen LogP contribution in [0.4, 0.5) is 0 Å².